The smallest absolute Gasteiger partial charge is 0.426 e. The second-order valence-corrected chi connectivity index (χ2v) is 16.9. The molecule has 2 aromatic carbocycles. The highest BCUT2D eigenvalue weighted by molar-refractivity contribution is 14.1. The Labute approximate surface area is 314 Å². The van der Waals surface area contributed by atoms with E-state index in [1.165, 1.54) is 12.1 Å². The van der Waals surface area contributed by atoms with Gasteiger partial charge in [-0.25, -0.2) is 9.59 Å². The van der Waals surface area contributed by atoms with Gasteiger partial charge in [-0.1, -0.05) is 0 Å². The molecule has 0 heterocycles. The van der Waals surface area contributed by atoms with Crippen LogP contribution in [0.15, 0.2) is 24.3 Å². The molecule has 2 aromatic rings. The zero-order chi connectivity index (χ0) is 31.5. The lowest BCUT2D eigenvalue weighted by Crippen LogP contribution is -2.46. The first kappa shape index (κ1) is 38.1. The maximum atomic E-state index is 13.5. The van der Waals surface area contributed by atoms with Crippen LogP contribution in [0.5, 0.6) is 0 Å². The van der Waals surface area contributed by atoms with Gasteiger partial charge in [0.15, 0.2) is 0 Å². The van der Waals surface area contributed by atoms with Crippen LogP contribution in [0.3, 0.4) is 0 Å². The van der Waals surface area contributed by atoms with E-state index in [9.17, 15) is 36.0 Å². The van der Waals surface area contributed by atoms with Gasteiger partial charge in [0, 0.05) is 21.4 Å². The maximum Gasteiger partial charge on any atom is 0.426 e. The van der Waals surface area contributed by atoms with E-state index in [1.54, 1.807) is 12.1 Å². The molecule has 0 aliphatic heterocycles. The lowest BCUT2D eigenvalue weighted by Gasteiger charge is -2.29. The molecular formula is C22H15F3I6O9S. The van der Waals surface area contributed by atoms with Gasteiger partial charge >= 0.3 is 24.1 Å². The standard InChI is InChI=1S/C22H15F3I6O9S/c1-21(20(34)40-15(22(23,24)25)6-41(35,36)37,7-38-18(32)11-2-9(26)4-13(28)16(11)30)8-39-19(33)12-3-10(27)5-14(29)17(12)31/h2-5,15H,6-8H2,1H3,(H,35,36,37). The molecule has 0 spiro atoms. The van der Waals surface area contributed by atoms with Crippen molar-refractivity contribution in [1.82, 2.24) is 0 Å². The molecule has 2 rings (SSSR count). The van der Waals surface area contributed by atoms with Crippen LogP contribution in [-0.4, -0.2) is 62.1 Å². The third-order valence-corrected chi connectivity index (χ3v) is 13.0. The Balaban J connectivity index is 2.40. The van der Waals surface area contributed by atoms with Gasteiger partial charge in [-0.15, -0.1) is 0 Å². The second kappa shape index (κ2) is 15.5. The molecule has 1 atom stereocenters. The topological polar surface area (TPSA) is 133 Å². The summed E-state index contributed by atoms with van der Waals surface area (Å²) in [6, 6.07) is 6.60. The van der Waals surface area contributed by atoms with Crippen molar-refractivity contribution in [3.8, 4) is 0 Å². The number of carbonyl (C=O) groups excluding carboxylic acids is 3. The molecule has 41 heavy (non-hydrogen) atoms. The van der Waals surface area contributed by atoms with Crippen molar-refractivity contribution in [1.29, 1.82) is 0 Å². The summed E-state index contributed by atoms with van der Waals surface area (Å²) in [6.45, 7) is -0.759. The highest BCUT2D eigenvalue weighted by Gasteiger charge is 2.49. The van der Waals surface area contributed by atoms with Crippen LogP contribution in [-0.2, 0) is 29.1 Å². The van der Waals surface area contributed by atoms with Gasteiger partial charge in [0.05, 0.1) is 11.1 Å². The first-order chi connectivity index (χ1) is 18.6. The zero-order valence-electron chi connectivity index (χ0n) is 20.0. The summed E-state index contributed by atoms with van der Waals surface area (Å²) in [7, 11) is -5.22. The van der Waals surface area contributed by atoms with Gasteiger partial charge in [0.1, 0.15) is 24.4 Å². The summed E-state index contributed by atoms with van der Waals surface area (Å²) in [5.74, 6) is -5.47. The molecule has 226 valence electrons. The van der Waals surface area contributed by atoms with E-state index in [-0.39, 0.29) is 11.1 Å². The SMILES string of the molecule is CC(COC(=O)c1cc(I)cc(I)c1I)(COC(=O)c1cc(I)cc(I)c1I)C(=O)OC(CS(=O)(=O)O)C(F)(F)F. The van der Waals surface area contributed by atoms with E-state index in [0.29, 0.717) is 14.3 Å². The van der Waals surface area contributed by atoms with Crippen molar-refractivity contribution >= 4 is 164 Å². The van der Waals surface area contributed by atoms with E-state index in [4.69, 9.17) is 14.0 Å². The first-order valence-electron chi connectivity index (χ1n) is 10.5. The van der Waals surface area contributed by atoms with Crippen molar-refractivity contribution < 1.29 is 54.7 Å². The van der Waals surface area contributed by atoms with Crippen molar-refractivity contribution in [3.05, 3.63) is 56.8 Å². The lowest BCUT2D eigenvalue weighted by atomic mass is 9.93. The van der Waals surface area contributed by atoms with Crippen molar-refractivity contribution in [2.45, 2.75) is 19.2 Å². The number of rotatable bonds is 10. The monoisotopic (exact) mass is 1270 g/mol. The summed E-state index contributed by atoms with van der Waals surface area (Å²) < 4.78 is 90.6. The fourth-order valence-electron chi connectivity index (χ4n) is 2.83. The molecule has 0 aromatic heterocycles. The molecular weight excluding hydrogens is 1260 g/mol. The molecule has 0 fully saturated rings. The van der Waals surface area contributed by atoms with Gasteiger partial charge in [0.2, 0.25) is 6.10 Å². The highest BCUT2D eigenvalue weighted by atomic mass is 127. The van der Waals surface area contributed by atoms with E-state index in [1.807, 2.05) is 136 Å². The molecule has 0 bridgehead atoms. The average molecular weight is 1270 g/mol. The predicted molar refractivity (Wildman–Crippen MR) is 190 cm³/mol. The normalized spacial score (nSPS) is 13.0. The summed E-state index contributed by atoms with van der Waals surface area (Å²) in [5.41, 5.74) is -1.97. The zero-order valence-corrected chi connectivity index (χ0v) is 33.8. The van der Waals surface area contributed by atoms with E-state index in [0.717, 1.165) is 14.1 Å². The van der Waals surface area contributed by atoms with Crippen LogP contribution in [0, 0.1) is 26.8 Å². The van der Waals surface area contributed by atoms with Gasteiger partial charge < -0.3 is 14.2 Å². The molecule has 0 amide bonds. The van der Waals surface area contributed by atoms with Gasteiger partial charge in [-0.05, 0) is 167 Å². The van der Waals surface area contributed by atoms with Crippen LogP contribution < -0.4 is 0 Å². The van der Waals surface area contributed by atoms with Crippen LogP contribution in [0.4, 0.5) is 13.2 Å². The minimum atomic E-state index is -5.37. The average Bonchev–Trinajstić information content (AvgIpc) is 2.83. The number of ether oxygens (including phenoxy) is 3. The number of hydrogen-bond donors (Lipinski definition) is 1. The van der Waals surface area contributed by atoms with Crippen LogP contribution in [0.1, 0.15) is 27.6 Å². The number of carbonyl (C=O) groups is 3. The molecule has 0 radical (unpaired) electrons. The number of alkyl halides is 3. The largest absolute Gasteiger partial charge is 0.461 e. The molecule has 9 nitrogen and oxygen atoms in total. The number of esters is 3. The van der Waals surface area contributed by atoms with Gasteiger partial charge in [0.25, 0.3) is 10.1 Å². The minimum Gasteiger partial charge on any atom is -0.461 e. The summed E-state index contributed by atoms with van der Waals surface area (Å²) in [4.78, 5) is 38.9. The Kier molecular flexibility index (Phi) is 14.4. The summed E-state index contributed by atoms with van der Waals surface area (Å²) >= 11 is 11.8. The molecule has 1 unspecified atom stereocenters. The molecule has 0 saturated carbocycles. The van der Waals surface area contributed by atoms with Crippen molar-refractivity contribution in [3.63, 3.8) is 0 Å². The van der Waals surface area contributed by atoms with Crippen LogP contribution in [0.25, 0.3) is 0 Å². The highest BCUT2D eigenvalue weighted by Crippen LogP contribution is 2.30. The minimum absolute atomic E-state index is 0.122. The second-order valence-electron chi connectivity index (χ2n) is 8.40. The molecule has 1 N–H and O–H groups in total. The maximum absolute atomic E-state index is 13.5. The number of hydrogen-bond acceptors (Lipinski definition) is 8. The molecule has 19 heteroatoms. The van der Waals surface area contributed by atoms with Gasteiger partial charge in [-0.2, -0.15) is 21.6 Å². The Bertz CT molecular complexity index is 1390. The Morgan fingerprint density at radius 1 is 0.829 bits per heavy atom. The Hall–Kier alpha value is 0.930. The molecule has 0 aliphatic rings. The quantitative estimate of drug-likeness (QED) is 0.0909. The third kappa shape index (κ3) is 11.3. The van der Waals surface area contributed by atoms with Crippen LogP contribution >= 0.6 is 136 Å². The fraction of sp³-hybridized carbons (Fsp3) is 0.318. The van der Waals surface area contributed by atoms with Crippen molar-refractivity contribution in [2.75, 3.05) is 19.0 Å². The van der Waals surface area contributed by atoms with Crippen LogP contribution in [0.2, 0.25) is 0 Å². The molecule has 0 aliphatic carbocycles. The Morgan fingerprint density at radius 3 is 1.56 bits per heavy atom. The van der Waals surface area contributed by atoms with E-state index >= 15 is 0 Å². The first-order valence-corrected chi connectivity index (χ1v) is 18.6. The van der Waals surface area contributed by atoms with E-state index in [2.05, 4.69) is 4.74 Å². The lowest BCUT2D eigenvalue weighted by molar-refractivity contribution is -0.222. The van der Waals surface area contributed by atoms with E-state index < -0.39 is 64.7 Å². The summed E-state index contributed by atoms with van der Waals surface area (Å²) in [5, 5.41) is 0. The number of halogens is 9. The fourth-order valence-corrected chi connectivity index (χ4v) is 8.22. The van der Waals surface area contributed by atoms with Crippen molar-refractivity contribution in [2.24, 2.45) is 5.41 Å². The van der Waals surface area contributed by atoms with Gasteiger partial charge in [-0.3, -0.25) is 9.35 Å². The number of benzene rings is 2. The predicted octanol–water partition coefficient (Wildman–Crippen LogP) is 6.70. The Morgan fingerprint density at radius 2 is 1.22 bits per heavy atom. The molecule has 0 saturated heterocycles. The summed E-state index contributed by atoms with van der Waals surface area (Å²) in [6.07, 6.45) is -8.62. The third-order valence-electron chi connectivity index (χ3n) is 4.94.